The van der Waals surface area contributed by atoms with Gasteiger partial charge in [0.1, 0.15) is 5.41 Å². The van der Waals surface area contributed by atoms with Crippen LogP contribution in [0.5, 0.6) is 0 Å². The Labute approximate surface area is 135 Å². The maximum Gasteiger partial charge on any atom is 0.280 e. The molecule has 0 spiro atoms. The number of hydrogen-bond acceptors (Lipinski definition) is 7. The molecule has 0 radical (unpaired) electrons. The van der Waals surface area contributed by atoms with Crippen LogP contribution < -0.4 is 10.9 Å². The van der Waals surface area contributed by atoms with Crippen LogP contribution in [0.4, 0.5) is 5.95 Å². The van der Waals surface area contributed by atoms with Gasteiger partial charge in [0.05, 0.1) is 25.1 Å². The molecule has 1 aliphatic carbocycles. The number of amides is 1. The van der Waals surface area contributed by atoms with Crippen molar-refractivity contribution in [2.45, 2.75) is 31.9 Å². The molecule has 0 unspecified atom stereocenters. The summed E-state index contributed by atoms with van der Waals surface area (Å²) in [6.45, 7) is 0.830. The van der Waals surface area contributed by atoms with Gasteiger partial charge in [0.15, 0.2) is 11.2 Å². The molecule has 0 saturated heterocycles. The number of rotatable bonds is 3. The van der Waals surface area contributed by atoms with E-state index in [1.807, 2.05) is 6.07 Å². The van der Waals surface area contributed by atoms with Crippen molar-refractivity contribution in [1.82, 2.24) is 19.5 Å². The van der Waals surface area contributed by atoms with Gasteiger partial charge < -0.3 is 14.8 Å². The van der Waals surface area contributed by atoms with Crippen molar-refractivity contribution in [1.29, 1.82) is 5.26 Å². The quantitative estimate of drug-likeness (QED) is 0.577. The van der Waals surface area contributed by atoms with E-state index in [1.165, 1.54) is 13.3 Å². The highest BCUT2D eigenvalue weighted by atomic mass is 16.3. The first kappa shape index (κ1) is 16.1. The summed E-state index contributed by atoms with van der Waals surface area (Å²) in [6, 6.07) is 1.64. The molecule has 3 atom stereocenters. The van der Waals surface area contributed by atoms with Crippen LogP contribution in [-0.2, 0) is 4.79 Å². The number of aromatic nitrogens is 4. The Morgan fingerprint density at radius 3 is 3.00 bits per heavy atom. The molecule has 2 heterocycles. The standard InChI is InChI=1S/C14H16N6O4/c1-7(22)17-13-18-11-10(12(24)19-13)16-6-20(11)8-2-9(23)14(3-8,4-15)5-21/h6,8-9,21,23H,2-3,5H2,1H3,(H2,17,18,19,22,24)/t8-,9-,14-/m0/s1. The van der Waals surface area contributed by atoms with Crippen molar-refractivity contribution in [3.8, 4) is 6.07 Å². The number of carbonyl (C=O) groups excluding carboxylic acids is 1. The fourth-order valence-electron chi connectivity index (χ4n) is 3.08. The summed E-state index contributed by atoms with van der Waals surface area (Å²) in [5.74, 6) is -0.391. The van der Waals surface area contributed by atoms with Gasteiger partial charge in [-0.25, -0.2) is 4.98 Å². The number of nitrogens with zero attached hydrogens (tertiary/aromatic N) is 4. The third-order valence-electron chi connectivity index (χ3n) is 4.36. The fourth-order valence-corrected chi connectivity index (χ4v) is 3.08. The van der Waals surface area contributed by atoms with E-state index >= 15 is 0 Å². The van der Waals surface area contributed by atoms with E-state index in [2.05, 4.69) is 20.3 Å². The summed E-state index contributed by atoms with van der Waals surface area (Å²) in [4.78, 5) is 33.8. The summed E-state index contributed by atoms with van der Waals surface area (Å²) in [5, 5.41) is 31.3. The zero-order valence-electron chi connectivity index (χ0n) is 12.9. The molecule has 1 saturated carbocycles. The van der Waals surface area contributed by atoms with Crippen molar-refractivity contribution in [3.05, 3.63) is 16.7 Å². The number of aliphatic hydroxyl groups is 2. The van der Waals surface area contributed by atoms with Crippen LogP contribution in [0, 0.1) is 16.7 Å². The Hall–Kier alpha value is -2.77. The number of fused-ring (bicyclic) bond motifs is 1. The van der Waals surface area contributed by atoms with Gasteiger partial charge in [0, 0.05) is 13.0 Å². The Balaban J connectivity index is 2.05. The molecule has 3 rings (SSSR count). The smallest absolute Gasteiger partial charge is 0.280 e. The minimum Gasteiger partial charge on any atom is -0.395 e. The van der Waals surface area contributed by atoms with E-state index in [0.29, 0.717) is 0 Å². The average molecular weight is 332 g/mol. The molecule has 10 nitrogen and oxygen atoms in total. The molecule has 1 aliphatic rings. The molecule has 2 aromatic rings. The summed E-state index contributed by atoms with van der Waals surface area (Å²) < 4.78 is 1.59. The number of anilines is 1. The van der Waals surface area contributed by atoms with Gasteiger partial charge in [-0.15, -0.1) is 0 Å². The van der Waals surface area contributed by atoms with Gasteiger partial charge in [-0.3, -0.25) is 19.9 Å². The number of H-pyrrole nitrogens is 1. The van der Waals surface area contributed by atoms with Gasteiger partial charge in [0.25, 0.3) is 5.56 Å². The van der Waals surface area contributed by atoms with Gasteiger partial charge >= 0.3 is 0 Å². The molecule has 1 fully saturated rings. The summed E-state index contributed by atoms with van der Waals surface area (Å²) in [7, 11) is 0. The number of nitrogens with one attached hydrogen (secondary N) is 2. The highest BCUT2D eigenvalue weighted by Crippen LogP contribution is 2.44. The largest absolute Gasteiger partial charge is 0.395 e. The lowest BCUT2D eigenvalue weighted by Gasteiger charge is -2.21. The van der Waals surface area contributed by atoms with Gasteiger partial charge in [-0.05, 0) is 12.8 Å². The highest BCUT2D eigenvalue weighted by molar-refractivity contribution is 5.87. The second-order valence-electron chi connectivity index (χ2n) is 5.96. The molecular formula is C14H16N6O4. The normalized spacial score (nSPS) is 26.4. The van der Waals surface area contributed by atoms with Crippen LogP contribution in [0.2, 0.25) is 0 Å². The summed E-state index contributed by atoms with van der Waals surface area (Å²) in [5.41, 5.74) is -1.42. The highest BCUT2D eigenvalue weighted by Gasteiger charge is 2.48. The second-order valence-corrected chi connectivity index (χ2v) is 5.96. The minimum atomic E-state index is -1.25. The Kier molecular flexibility index (Phi) is 3.82. The number of aliphatic hydroxyl groups excluding tert-OH is 2. The average Bonchev–Trinajstić information content (AvgIpc) is 3.08. The minimum absolute atomic E-state index is 0.00556. The molecule has 0 aliphatic heterocycles. The van der Waals surface area contributed by atoms with Crippen molar-refractivity contribution in [2.24, 2.45) is 5.41 Å². The maximum absolute atomic E-state index is 12.0. The van der Waals surface area contributed by atoms with Crippen LogP contribution in [0.3, 0.4) is 0 Å². The summed E-state index contributed by atoms with van der Waals surface area (Å²) >= 11 is 0. The first-order valence-corrected chi connectivity index (χ1v) is 7.35. The molecule has 2 aromatic heterocycles. The van der Waals surface area contributed by atoms with Crippen molar-refractivity contribution in [3.63, 3.8) is 0 Å². The van der Waals surface area contributed by atoms with Crippen molar-refractivity contribution in [2.75, 3.05) is 11.9 Å². The lowest BCUT2D eigenvalue weighted by Crippen LogP contribution is -2.31. The molecule has 10 heteroatoms. The van der Waals surface area contributed by atoms with Crippen molar-refractivity contribution < 1.29 is 15.0 Å². The van der Waals surface area contributed by atoms with Crippen LogP contribution in [0.25, 0.3) is 11.2 Å². The maximum atomic E-state index is 12.0. The van der Waals surface area contributed by atoms with E-state index in [4.69, 9.17) is 0 Å². The van der Waals surface area contributed by atoms with Crippen LogP contribution in [-0.4, -0.2) is 48.4 Å². The lowest BCUT2D eigenvalue weighted by molar-refractivity contribution is -0.114. The number of imidazole rings is 1. The molecular weight excluding hydrogens is 316 g/mol. The molecule has 126 valence electrons. The number of carbonyl (C=O) groups is 1. The molecule has 0 aromatic carbocycles. The monoisotopic (exact) mass is 332 g/mol. The van der Waals surface area contributed by atoms with E-state index in [1.54, 1.807) is 4.57 Å². The number of aromatic amines is 1. The Bertz CT molecular complexity index is 897. The first-order valence-electron chi connectivity index (χ1n) is 7.35. The predicted molar refractivity (Wildman–Crippen MR) is 81.9 cm³/mol. The number of hydrogen-bond donors (Lipinski definition) is 4. The van der Waals surface area contributed by atoms with E-state index < -0.39 is 23.7 Å². The second kappa shape index (κ2) is 5.70. The Morgan fingerprint density at radius 1 is 1.67 bits per heavy atom. The van der Waals surface area contributed by atoms with Gasteiger partial charge in [0.2, 0.25) is 11.9 Å². The van der Waals surface area contributed by atoms with Gasteiger partial charge in [-0.2, -0.15) is 10.2 Å². The summed E-state index contributed by atoms with van der Waals surface area (Å²) in [6.07, 6.45) is 0.846. The topological polar surface area (TPSA) is 157 Å². The molecule has 24 heavy (non-hydrogen) atoms. The van der Waals surface area contributed by atoms with E-state index in [-0.39, 0.29) is 41.9 Å². The van der Waals surface area contributed by atoms with Gasteiger partial charge in [-0.1, -0.05) is 0 Å². The molecule has 4 N–H and O–H groups in total. The third kappa shape index (κ3) is 2.44. The Morgan fingerprint density at radius 2 is 2.42 bits per heavy atom. The van der Waals surface area contributed by atoms with Crippen molar-refractivity contribution >= 4 is 23.0 Å². The molecule has 1 amide bonds. The fraction of sp³-hybridized carbons (Fsp3) is 0.500. The number of nitriles is 1. The first-order chi connectivity index (χ1) is 11.4. The molecule has 0 bridgehead atoms. The van der Waals surface area contributed by atoms with E-state index in [0.717, 1.165) is 0 Å². The van der Waals surface area contributed by atoms with Crippen LogP contribution >= 0.6 is 0 Å². The lowest BCUT2D eigenvalue weighted by atomic mass is 9.87. The zero-order chi connectivity index (χ0) is 17.5. The van der Waals surface area contributed by atoms with E-state index in [9.17, 15) is 25.1 Å². The SMILES string of the molecule is CC(=O)Nc1nc2c(ncn2[C@H]2C[C@H](O)[C@@](C#N)(CO)C2)c(=O)[nH]1. The zero-order valence-corrected chi connectivity index (χ0v) is 12.9. The predicted octanol–water partition coefficient (Wildman–Crippen LogP) is -0.724. The van der Waals surface area contributed by atoms with Crippen LogP contribution in [0.15, 0.2) is 11.1 Å². The van der Waals surface area contributed by atoms with Crippen LogP contribution in [0.1, 0.15) is 25.8 Å². The third-order valence-corrected chi connectivity index (χ3v) is 4.36.